The number of hydrogen-bond acceptors (Lipinski definition) is 2. The van der Waals surface area contributed by atoms with E-state index >= 15 is 0 Å². The van der Waals surface area contributed by atoms with E-state index in [0.29, 0.717) is 22.2 Å². The Balaban J connectivity index is 1.59. The van der Waals surface area contributed by atoms with Crippen LogP contribution < -0.4 is 10.6 Å². The molecule has 2 aromatic rings. The third kappa shape index (κ3) is 4.14. The molecule has 0 bridgehead atoms. The maximum Gasteiger partial charge on any atom is 0.228 e. The van der Waals surface area contributed by atoms with Gasteiger partial charge in [-0.05, 0) is 61.7 Å². The van der Waals surface area contributed by atoms with Crippen molar-refractivity contribution < 1.29 is 9.59 Å². The van der Waals surface area contributed by atoms with Gasteiger partial charge in [-0.25, -0.2) is 0 Å². The molecule has 2 amide bonds. The minimum absolute atomic E-state index is 0.138. The van der Waals surface area contributed by atoms with Crippen molar-refractivity contribution >= 4 is 46.4 Å². The Labute approximate surface area is 156 Å². The second kappa shape index (κ2) is 7.06. The molecule has 1 aliphatic rings. The van der Waals surface area contributed by atoms with Crippen molar-refractivity contribution in [3.8, 4) is 0 Å². The van der Waals surface area contributed by atoms with E-state index in [0.717, 1.165) is 11.3 Å². The highest BCUT2D eigenvalue weighted by atomic mass is 35.5. The largest absolute Gasteiger partial charge is 0.326 e. The van der Waals surface area contributed by atoms with Crippen LogP contribution in [0.1, 0.15) is 17.5 Å². The monoisotopic (exact) mass is 376 g/mol. The third-order valence-corrected chi connectivity index (χ3v) is 4.99. The lowest BCUT2D eigenvalue weighted by atomic mass is 10.1. The van der Waals surface area contributed by atoms with E-state index in [1.165, 1.54) is 5.56 Å². The normalized spacial score (nSPS) is 18.6. The smallest absolute Gasteiger partial charge is 0.228 e. The van der Waals surface area contributed by atoms with Gasteiger partial charge in [0.1, 0.15) is 0 Å². The fourth-order valence-electron chi connectivity index (χ4n) is 2.65. The molecule has 130 valence electrons. The van der Waals surface area contributed by atoms with Crippen molar-refractivity contribution in [3.63, 3.8) is 0 Å². The standard InChI is InChI=1S/C19H18Cl2N2O2/c1-10-3-5-13(7-11(10)2)22-18(24)14-9-15(14)19(25)23-17-8-12(20)4-6-16(17)21/h3-8,14-15H,9H2,1-2H3,(H,22,24)(H,23,25). The fourth-order valence-corrected chi connectivity index (χ4v) is 2.98. The van der Waals surface area contributed by atoms with Crippen molar-refractivity contribution in [2.75, 3.05) is 10.6 Å². The Morgan fingerprint density at radius 1 is 0.920 bits per heavy atom. The van der Waals surface area contributed by atoms with Crippen LogP contribution in [0, 0.1) is 25.7 Å². The lowest BCUT2D eigenvalue weighted by Gasteiger charge is -2.09. The summed E-state index contributed by atoms with van der Waals surface area (Å²) < 4.78 is 0. The first kappa shape index (κ1) is 17.8. The number of aryl methyl sites for hydroxylation is 2. The Morgan fingerprint density at radius 2 is 1.60 bits per heavy atom. The summed E-state index contributed by atoms with van der Waals surface area (Å²) in [5, 5.41) is 6.52. The lowest BCUT2D eigenvalue weighted by molar-refractivity contribution is -0.122. The van der Waals surface area contributed by atoms with Crippen LogP contribution in [0.2, 0.25) is 10.0 Å². The molecule has 1 saturated carbocycles. The zero-order chi connectivity index (χ0) is 18.1. The SMILES string of the molecule is Cc1ccc(NC(=O)C2CC2C(=O)Nc2cc(Cl)ccc2Cl)cc1C. The fraction of sp³-hybridized carbons (Fsp3) is 0.263. The number of nitrogens with one attached hydrogen (secondary N) is 2. The molecule has 2 unspecified atom stereocenters. The molecule has 1 fully saturated rings. The van der Waals surface area contributed by atoms with Gasteiger partial charge in [-0.3, -0.25) is 9.59 Å². The molecule has 4 nitrogen and oxygen atoms in total. The van der Waals surface area contributed by atoms with Crippen LogP contribution in [0.3, 0.4) is 0 Å². The Morgan fingerprint density at radius 3 is 2.28 bits per heavy atom. The van der Waals surface area contributed by atoms with Crippen LogP contribution in [0.5, 0.6) is 0 Å². The van der Waals surface area contributed by atoms with Gasteiger partial charge in [-0.2, -0.15) is 0 Å². The quantitative estimate of drug-likeness (QED) is 0.802. The first-order chi connectivity index (χ1) is 11.8. The predicted octanol–water partition coefficient (Wildman–Crippen LogP) is 4.82. The molecule has 2 N–H and O–H groups in total. The zero-order valence-electron chi connectivity index (χ0n) is 13.9. The summed E-state index contributed by atoms with van der Waals surface area (Å²) in [6.45, 7) is 4.01. The Hall–Kier alpha value is -2.04. The summed E-state index contributed by atoms with van der Waals surface area (Å²) in [6.07, 6.45) is 0.528. The van der Waals surface area contributed by atoms with Crippen molar-refractivity contribution in [2.24, 2.45) is 11.8 Å². The van der Waals surface area contributed by atoms with Gasteiger partial charge in [-0.1, -0.05) is 29.3 Å². The molecule has 0 saturated heterocycles. The summed E-state index contributed by atoms with van der Waals surface area (Å²) in [7, 11) is 0. The number of amides is 2. The van der Waals surface area contributed by atoms with E-state index in [9.17, 15) is 9.59 Å². The van der Waals surface area contributed by atoms with Gasteiger partial charge in [-0.15, -0.1) is 0 Å². The predicted molar refractivity (Wildman–Crippen MR) is 101 cm³/mol. The number of carbonyl (C=O) groups is 2. The van der Waals surface area contributed by atoms with E-state index in [4.69, 9.17) is 23.2 Å². The number of benzene rings is 2. The highest BCUT2D eigenvalue weighted by Gasteiger charge is 2.48. The first-order valence-corrected chi connectivity index (χ1v) is 8.75. The lowest BCUT2D eigenvalue weighted by Crippen LogP contribution is -2.20. The van der Waals surface area contributed by atoms with Crippen LogP contribution in [0.25, 0.3) is 0 Å². The molecule has 1 aliphatic carbocycles. The number of hydrogen-bond donors (Lipinski definition) is 2. The molecule has 3 rings (SSSR count). The molecular formula is C19H18Cl2N2O2. The molecule has 6 heteroatoms. The van der Waals surface area contributed by atoms with E-state index < -0.39 is 0 Å². The molecule has 2 aromatic carbocycles. The van der Waals surface area contributed by atoms with Gasteiger partial charge in [0.2, 0.25) is 11.8 Å². The second-order valence-electron chi connectivity index (χ2n) is 6.35. The molecule has 2 atom stereocenters. The van der Waals surface area contributed by atoms with E-state index in [-0.39, 0.29) is 23.7 Å². The van der Waals surface area contributed by atoms with Crippen LogP contribution in [-0.2, 0) is 9.59 Å². The highest BCUT2D eigenvalue weighted by Crippen LogP contribution is 2.41. The molecule has 25 heavy (non-hydrogen) atoms. The summed E-state index contributed by atoms with van der Waals surface area (Å²) >= 11 is 12.0. The minimum atomic E-state index is -0.346. The third-order valence-electron chi connectivity index (χ3n) is 4.42. The minimum Gasteiger partial charge on any atom is -0.326 e. The van der Waals surface area contributed by atoms with Gasteiger partial charge >= 0.3 is 0 Å². The van der Waals surface area contributed by atoms with Crippen molar-refractivity contribution in [3.05, 3.63) is 57.6 Å². The van der Waals surface area contributed by atoms with Gasteiger partial charge in [0.25, 0.3) is 0 Å². The average molecular weight is 377 g/mol. The van der Waals surface area contributed by atoms with E-state index in [1.54, 1.807) is 18.2 Å². The van der Waals surface area contributed by atoms with Crippen molar-refractivity contribution in [1.82, 2.24) is 0 Å². The van der Waals surface area contributed by atoms with Crippen molar-refractivity contribution in [1.29, 1.82) is 0 Å². The van der Waals surface area contributed by atoms with Gasteiger partial charge < -0.3 is 10.6 Å². The molecule has 0 heterocycles. The molecule has 0 aliphatic heterocycles. The van der Waals surface area contributed by atoms with E-state index in [1.807, 2.05) is 32.0 Å². The van der Waals surface area contributed by atoms with Crippen molar-refractivity contribution in [2.45, 2.75) is 20.3 Å². The van der Waals surface area contributed by atoms with Crippen LogP contribution >= 0.6 is 23.2 Å². The van der Waals surface area contributed by atoms with Gasteiger partial charge in [0.15, 0.2) is 0 Å². The van der Waals surface area contributed by atoms with Crippen LogP contribution in [-0.4, -0.2) is 11.8 Å². The van der Waals surface area contributed by atoms with Gasteiger partial charge in [0, 0.05) is 10.7 Å². The molecule has 0 spiro atoms. The molecular weight excluding hydrogens is 359 g/mol. The first-order valence-electron chi connectivity index (χ1n) is 7.99. The maximum atomic E-state index is 12.3. The summed E-state index contributed by atoms with van der Waals surface area (Å²) in [4.78, 5) is 24.6. The Kier molecular flexibility index (Phi) is 5.02. The zero-order valence-corrected chi connectivity index (χ0v) is 15.4. The number of anilines is 2. The summed E-state index contributed by atoms with van der Waals surface area (Å²) in [6, 6.07) is 10.6. The number of carbonyl (C=O) groups excluding carboxylic acids is 2. The average Bonchev–Trinajstić information content (AvgIpc) is 3.35. The number of halogens is 2. The van der Waals surface area contributed by atoms with E-state index in [2.05, 4.69) is 10.6 Å². The van der Waals surface area contributed by atoms with Crippen LogP contribution in [0.15, 0.2) is 36.4 Å². The summed E-state index contributed by atoms with van der Waals surface area (Å²) in [5.74, 6) is -1.02. The highest BCUT2D eigenvalue weighted by molar-refractivity contribution is 6.35. The summed E-state index contributed by atoms with van der Waals surface area (Å²) in [5.41, 5.74) is 3.48. The van der Waals surface area contributed by atoms with Gasteiger partial charge in [0.05, 0.1) is 22.5 Å². The topological polar surface area (TPSA) is 58.2 Å². The maximum absolute atomic E-state index is 12.3. The molecule has 0 aromatic heterocycles. The Bertz CT molecular complexity index is 851. The van der Waals surface area contributed by atoms with Crippen LogP contribution in [0.4, 0.5) is 11.4 Å². The molecule has 0 radical (unpaired) electrons. The second-order valence-corrected chi connectivity index (χ2v) is 7.19. The number of rotatable bonds is 4.